The Morgan fingerprint density at radius 2 is 1.94 bits per heavy atom. The Hall–Kier alpha value is -0.900. The number of nitrogens with one attached hydrogen (secondary N) is 1. The Balaban J connectivity index is 2.16. The SMILES string of the molecule is Oc1cccc(Cl)c1CNc1ccc(Cl)cc1Br. The summed E-state index contributed by atoms with van der Waals surface area (Å²) >= 11 is 15.3. The van der Waals surface area contributed by atoms with Crippen molar-refractivity contribution in [2.24, 2.45) is 0 Å². The number of aromatic hydroxyl groups is 1. The standard InChI is InChI=1S/C13H10BrCl2NO/c14-10-6-8(15)4-5-12(10)17-7-9-11(16)2-1-3-13(9)18/h1-6,17-18H,7H2. The molecule has 0 amide bonds. The molecule has 94 valence electrons. The van der Waals surface area contributed by atoms with E-state index in [1.807, 2.05) is 6.07 Å². The molecule has 0 aliphatic heterocycles. The van der Waals surface area contributed by atoms with Gasteiger partial charge in [-0.1, -0.05) is 29.3 Å². The van der Waals surface area contributed by atoms with Gasteiger partial charge in [-0.25, -0.2) is 0 Å². The summed E-state index contributed by atoms with van der Waals surface area (Å²) in [6.07, 6.45) is 0. The van der Waals surface area contributed by atoms with Gasteiger partial charge in [0.25, 0.3) is 0 Å². The number of halogens is 3. The lowest BCUT2D eigenvalue weighted by Gasteiger charge is -2.11. The molecular weight excluding hydrogens is 337 g/mol. The van der Waals surface area contributed by atoms with E-state index < -0.39 is 0 Å². The van der Waals surface area contributed by atoms with Crippen molar-refractivity contribution in [3.63, 3.8) is 0 Å². The highest BCUT2D eigenvalue weighted by molar-refractivity contribution is 9.10. The van der Waals surface area contributed by atoms with Crippen molar-refractivity contribution in [1.82, 2.24) is 0 Å². The van der Waals surface area contributed by atoms with Crippen molar-refractivity contribution in [1.29, 1.82) is 0 Å². The molecule has 0 heterocycles. The number of phenolic OH excluding ortho intramolecular Hbond substituents is 1. The van der Waals surface area contributed by atoms with Gasteiger partial charge in [0, 0.05) is 32.3 Å². The first kappa shape index (κ1) is 13.5. The number of anilines is 1. The van der Waals surface area contributed by atoms with E-state index in [4.69, 9.17) is 23.2 Å². The summed E-state index contributed by atoms with van der Waals surface area (Å²) in [5.74, 6) is 0.181. The molecule has 0 aliphatic carbocycles. The summed E-state index contributed by atoms with van der Waals surface area (Å²) in [6, 6.07) is 10.5. The zero-order valence-corrected chi connectivity index (χ0v) is 12.4. The van der Waals surface area contributed by atoms with Crippen LogP contribution in [0.25, 0.3) is 0 Å². The lowest BCUT2D eigenvalue weighted by atomic mass is 10.2. The average Bonchev–Trinajstić information content (AvgIpc) is 2.31. The number of hydrogen-bond acceptors (Lipinski definition) is 2. The van der Waals surface area contributed by atoms with Crippen LogP contribution in [0.4, 0.5) is 5.69 Å². The van der Waals surface area contributed by atoms with Crippen molar-refractivity contribution in [3.05, 3.63) is 56.5 Å². The van der Waals surface area contributed by atoms with Gasteiger partial charge in [-0.15, -0.1) is 0 Å². The van der Waals surface area contributed by atoms with E-state index in [0.717, 1.165) is 10.2 Å². The molecule has 0 saturated carbocycles. The van der Waals surface area contributed by atoms with Crippen LogP contribution in [0.1, 0.15) is 5.56 Å². The molecule has 0 aromatic heterocycles. The fraction of sp³-hybridized carbons (Fsp3) is 0.0769. The molecule has 18 heavy (non-hydrogen) atoms. The Bertz CT molecular complexity index is 555. The van der Waals surface area contributed by atoms with Gasteiger partial charge < -0.3 is 10.4 Å². The fourth-order valence-electron chi connectivity index (χ4n) is 1.54. The first-order chi connectivity index (χ1) is 8.58. The summed E-state index contributed by atoms with van der Waals surface area (Å²) in [6.45, 7) is 0.436. The molecule has 0 atom stereocenters. The van der Waals surface area contributed by atoms with Crippen LogP contribution < -0.4 is 5.32 Å². The Kier molecular flexibility index (Phi) is 4.38. The quantitative estimate of drug-likeness (QED) is 0.812. The molecular formula is C13H10BrCl2NO. The van der Waals surface area contributed by atoms with Crippen molar-refractivity contribution in [3.8, 4) is 5.75 Å². The summed E-state index contributed by atoms with van der Waals surface area (Å²) in [5.41, 5.74) is 1.56. The maximum atomic E-state index is 9.73. The molecule has 2 nitrogen and oxygen atoms in total. The molecule has 0 bridgehead atoms. The van der Waals surface area contributed by atoms with Crippen LogP contribution in [0.2, 0.25) is 10.0 Å². The highest BCUT2D eigenvalue weighted by Crippen LogP contribution is 2.29. The normalized spacial score (nSPS) is 10.4. The van der Waals surface area contributed by atoms with Crippen LogP contribution >= 0.6 is 39.1 Å². The van der Waals surface area contributed by atoms with E-state index in [2.05, 4.69) is 21.2 Å². The molecule has 2 rings (SSSR count). The molecule has 0 radical (unpaired) electrons. The third kappa shape index (κ3) is 3.10. The summed E-state index contributed by atoms with van der Waals surface area (Å²) in [5, 5.41) is 14.1. The lowest BCUT2D eigenvalue weighted by Crippen LogP contribution is -2.01. The number of hydrogen-bond donors (Lipinski definition) is 2. The summed E-state index contributed by atoms with van der Waals surface area (Å²) < 4.78 is 0.863. The molecule has 5 heteroatoms. The number of phenols is 1. The second-order valence-electron chi connectivity index (χ2n) is 3.72. The van der Waals surface area contributed by atoms with Gasteiger partial charge in [-0.3, -0.25) is 0 Å². The van der Waals surface area contributed by atoms with Gasteiger partial charge in [0.05, 0.1) is 0 Å². The second kappa shape index (κ2) is 5.83. The van der Waals surface area contributed by atoms with E-state index in [-0.39, 0.29) is 5.75 Å². The predicted octanol–water partition coefficient (Wildman–Crippen LogP) is 5.07. The second-order valence-corrected chi connectivity index (χ2v) is 5.41. The fourth-order valence-corrected chi connectivity index (χ4v) is 2.60. The van der Waals surface area contributed by atoms with Crippen LogP contribution in [0, 0.1) is 0 Å². The Morgan fingerprint density at radius 1 is 1.17 bits per heavy atom. The van der Waals surface area contributed by atoms with Crippen molar-refractivity contribution in [2.45, 2.75) is 6.54 Å². The Labute approximate surface area is 124 Å². The van der Waals surface area contributed by atoms with Gasteiger partial charge >= 0.3 is 0 Å². The van der Waals surface area contributed by atoms with Crippen LogP contribution in [0.15, 0.2) is 40.9 Å². The minimum atomic E-state index is 0.181. The largest absolute Gasteiger partial charge is 0.508 e. The predicted molar refractivity (Wildman–Crippen MR) is 79.6 cm³/mol. The first-order valence-corrected chi connectivity index (χ1v) is 6.78. The third-order valence-electron chi connectivity index (χ3n) is 2.48. The minimum absolute atomic E-state index is 0.181. The zero-order valence-electron chi connectivity index (χ0n) is 9.25. The van der Waals surface area contributed by atoms with E-state index in [9.17, 15) is 5.11 Å². The molecule has 0 spiro atoms. The highest BCUT2D eigenvalue weighted by Gasteiger charge is 2.07. The van der Waals surface area contributed by atoms with Gasteiger partial charge in [0.2, 0.25) is 0 Å². The molecule has 2 N–H and O–H groups in total. The van der Waals surface area contributed by atoms with Crippen molar-refractivity contribution < 1.29 is 5.11 Å². The van der Waals surface area contributed by atoms with E-state index in [1.54, 1.807) is 30.3 Å². The van der Waals surface area contributed by atoms with Gasteiger partial charge in [-0.2, -0.15) is 0 Å². The smallest absolute Gasteiger partial charge is 0.122 e. The minimum Gasteiger partial charge on any atom is -0.508 e. The molecule has 0 saturated heterocycles. The van der Waals surface area contributed by atoms with E-state index in [0.29, 0.717) is 22.2 Å². The zero-order chi connectivity index (χ0) is 13.1. The number of rotatable bonds is 3. The maximum absolute atomic E-state index is 9.73. The highest BCUT2D eigenvalue weighted by atomic mass is 79.9. The van der Waals surface area contributed by atoms with Crippen LogP contribution in [0.5, 0.6) is 5.75 Å². The van der Waals surface area contributed by atoms with E-state index in [1.165, 1.54) is 0 Å². The van der Waals surface area contributed by atoms with Crippen molar-refractivity contribution in [2.75, 3.05) is 5.32 Å². The number of benzene rings is 2. The third-order valence-corrected chi connectivity index (χ3v) is 3.73. The monoisotopic (exact) mass is 345 g/mol. The Morgan fingerprint density at radius 3 is 2.61 bits per heavy atom. The maximum Gasteiger partial charge on any atom is 0.122 e. The molecule has 0 fully saturated rings. The molecule has 2 aromatic rings. The van der Waals surface area contributed by atoms with Gasteiger partial charge in [0.15, 0.2) is 0 Å². The van der Waals surface area contributed by atoms with Crippen LogP contribution in [-0.4, -0.2) is 5.11 Å². The molecule has 0 unspecified atom stereocenters. The van der Waals surface area contributed by atoms with Crippen molar-refractivity contribution >= 4 is 44.8 Å². The van der Waals surface area contributed by atoms with Gasteiger partial charge in [-0.05, 0) is 46.3 Å². The average molecular weight is 347 g/mol. The topological polar surface area (TPSA) is 32.3 Å². The van der Waals surface area contributed by atoms with E-state index >= 15 is 0 Å². The van der Waals surface area contributed by atoms with Gasteiger partial charge in [0.1, 0.15) is 5.75 Å². The lowest BCUT2D eigenvalue weighted by molar-refractivity contribution is 0.469. The van der Waals surface area contributed by atoms with Crippen LogP contribution in [0.3, 0.4) is 0 Å². The first-order valence-electron chi connectivity index (χ1n) is 5.23. The molecule has 0 aliphatic rings. The van der Waals surface area contributed by atoms with Crippen LogP contribution in [-0.2, 0) is 6.54 Å². The summed E-state index contributed by atoms with van der Waals surface area (Å²) in [4.78, 5) is 0. The molecule has 2 aromatic carbocycles. The summed E-state index contributed by atoms with van der Waals surface area (Å²) in [7, 11) is 0.